The molecule has 2 heterocycles. The Morgan fingerprint density at radius 3 is 2.33 bits per heavy atom. The lowest BCUT2D eigenvalue weighted by Crippen LogP contribution is -2.44. The molecule has 30 heavy (non-hydrogen) atoms. The largest absolute Gasteiger partial charge is 0.330 e. The molecule has 1 aromatic carbocycles. The summed E-state index contributed by atoms with van der Waals surface area (Å²) in [5.74, 6) is -0.451. The minimum Gasteiger partial charge on any atom is -0.330 e. The molecule has 7 nitrogen and oxygen atoms in total. The number of rotatable bonds is 5. The van der Waals surface area contributed by atoms with Crippen molar-refractivity contribution < 1.29 is 18.0 Å². The Hall–Kier alpha value is -1.93. The lowest BCUT2D eigenvalue weighted by molar-refractivity contribution is -0.139. The van der Waals surface area contributed by atoms with E-state index < -0.39 is 16.1 Å². The van der Waals surface area contributed by atoms with Gasteiger partial charge in [-0.25, -0.2) is 8.42 Å². The Kier molecular flexibility index (Phi) is 7.18. The van der Waals surface area contributed by atoms with Crippen LogP contribution in [-0.2, 0) is 19.6 Å². The highest BCUT2D eigenvalue weighted by Gasteiger charge is 2.35. The quantitative estimate of drug-likeness (QED) is 0.770. The number of benzene rings is 1. The molecule has 0 aromatic heterocycles. The zero-order chi connectivity index (χ0) is 21.9. The number of aryl methyl sites for hydroxylation is 1. The molecule has 1 unspecified atom stereocenters. The summed E-state index contributed by atoms with van der Waals surface area (Å²) in [5, 5.41) is 2.85. The average molecular weight is 436 g/mol. The van der Waals surface area contributed by atoms with Gasteiger partial charge >= 0.3 is 0 Å². The van der Waals surface area contributed by atoms with Gasteiger partial charge in [0, 0.05) is 31.2 Å². The smallest absolute Gasteiger partial charge is 0.247 e. The number of nitrogens with one attached hydrogen (secondary N) is 1. The van der Waals surface area contributed by atoms with Crippen molar-refractivity contribution in [2.75, 3.05) is 25.0 Å². The molecule has 0 radical (unpaired) electrons. The summed E-state index contributed by atoms with van der Waals surface area (Å²) in [5.41, 5.74) is 1.11. The second kappa shape index (κ2) is 9.47. The molecule has 2 fully saturated rings. The molecule has 0 bridgehead atoms. The Bertz CT molecular complexity index is 890. The van der Waals surface area contributed by atoms with Gasteiger partial charge < -0.3 is 10.2 Å². The third-order valence-electron chi connectivity index (χ3n) is 5.97. The maximum atomic E-state index is 13.2. The highest BCUT2D eigenvalue weighted by molar-refractivity contribution is 7.89. The van der Waals surface area contributed by atoms with Crippen LogP contribution in [0.1, 0.15) is 57.9 Å². The van der Waals surface area contributed by atoms with E-state index in [1.807, 2.05) is 13.8 Å². The van der Waals surface area contributed by atoms with E-state index in [0.717, 1.165) is 32.1 Å². The molecule has 0 saturated carbocycles. The van der Waals surface area contributed by atoms with E-state index in [9.17, 15) is 18.0 Å². The normalized spacial score (nSPS) is 20.9. The maximum absolute atomic E-state index is 13.2. The summed E-state index contributed by atoms with van der Waals surface area (Å²) in [6.45, 7) is 7.08. The molecule has 8 heteroatoms. The van der Waals surface area contributed by atoms with Crippen molar-refractivity contribution in [3.05, 3.63) is 23.8 Å². The molecular weight excluding hydrogens is 402 g/mol. The van der Waals surface area contributed by atoms with E-state index in [1.165, 1.54) is 0 Å². The minimum absolute atomic E-state index is 0.0269. The fourth-order valence-electron chi connectivity index (χ4n) is 4.24. The van der Waals surface area contributed by atoms with Crippen LogP contribution in [0.15, 0.2) is 23.1 Å². The number of sulfonamides is 1. The first-order valence-electron chi connectivity index (χ1n) is 10.9. The maximum Gasteiger partial charge on any atom is 0.247 e. The lowest BCUT2D eigenvalue weighted by atomic mass is 10.1. The second-order valence-electron chi connectivity index (χ2n) is 8.63. The average Bonchev–Trinajstić information content (AvgIpc) is 3.02. The Balaban J connectivity index is 1.79. The van der Waals surface area contributed by atoms with Crippen LogP contribution < -0.4 is 5.32 Å². The number of anilines is 1. The van der Waals surface area contributed by atoms with Gasteiger partial charge in [0.25, 0.3) is 0 Å². The van der Waals surface area contributed by atoms with Crippen molar-refractivity contribution in [2.24, 2.45) is 5.92 Å². The molecule has 1 N–H and O–H groups in total. The van der Waals surface area contributed by atoms with Crippen LogP contribution in [-0.4, -0.2) is 55.1 Å². The number of amides is 2. The first kappa shape index (κ1) is 22.7. The molecule has 1 atom stereocenters. The molecule has 0 spiro atoms. The fraction of sp³-hybridized carbons (Fsp3) is 0.636. The van der Waals surface area contributed by atoms with Crippen molar-refractivity contribution in [3.8, 4) is 0 Å². The van der Waals surface area contributed by atoms with Crippen LogP contribution in [0.25, 0.3) is 0 Å². The molecule has 2 amide bonds. The number of hydrogen-bond donors (Lipinski definition) is 1. The van der Waals surface area contributed by atoms with Crippen LogP contribution in [0.5, 0.6) is 0 Å². The van der Waals surface area contributed by atoms with Gasteiger partial charge in [-0.2, -0.15) is 4.31 Å². The van der Waals surface area contributed by atoms with Crippen LogP contribution in [0, 0.1) is 12.8 Å². The van der Waals surface area contributed by atoms with Crippen LogP contribution in [0.2, 0.25) is 0 Å². The van der Waals surface area contributed by atoms with Gasteiger partial charge in [-0.3, -0.25) is 9.59 Å². The van der Waals surface area contributed by atoms with E-state index in [0.29, 0.717) is 37.3 Å². The van der Waals surface area contributed by atoms with Crippen molar-refractivity contribution in [1.82, 2.24) is 9.21 Å². The van der Waals surface area contributed by atoms with E-state index in [2.05, 4.69) is 5.32 Å². The molecule has 2 aliphatic rings. The highest BCUT2D eigenvalue weighted by Crippen LogP contribution is 2.27. The first-order chi connectivity index (χ1) is 14.2. The number of carbonyl (C=O) groups excluding carboxylic acids is 2. The summed E-state index contributed by atoms with van der Waals surface area (Å²) >= 11 is 0. The van der Waals surface area contributed by atoms with Crippen LogP contribution in [0.3, 0.4) is 0 Å². The Labute approximate surface area is 179 Å². The van der Waals surface area contributed by atoms with Crippen LogP contribution >= 0.6 is 0 Å². The van der Waals surface area contributed by atoms with Gasteiger partial charge in [0.05, 0.1) is 4.90 Å². The molecule has 3 rings (SSSR count). The van der Waals surface area contributed by atoms with E-state index in [1.54, 1.807) is 34.3 Å². The van der Waals surface area contributed by atoms with Gasteiger partial charge in [0.15, 0.2) is 0 Å². The fourth-order valence-corrected chi connectivity index (χ4v) is 6.01. The summed E-state index contributed by atoms with van der Waals surface area (Å²) in [6.07, 6.45) is 5.25. The van der Waals surface area contributed by atoms with Gasteiger partial charge in [0.2, 0.25) is 21.8 Å². The Morgan fingerprint density at radius 2 is 1.70 bits per heavy atom. The molecule has 0 aliphatic carbocycles. The van der Waals surface area contributed by atoms with Crippen molar-refractivity contribution >= 4 is 27.5 Å². The third-order valence-corrected chi connectivity index (χ3v) is 8.01. The lowest BCUT2D eigenvalue weighted by Gasteiger charge is -2.26. The van der Waals surface area contributed by atoms with Crippen molar-refractivity contribution in [2.45, 2.75) is 70.2 Å². The summed E-state index contributed by atoms with van der Waals surface area (Å²) in [4.78, 5) is 27.2. The standard InChI is InChI=1S/C22H33N3O4S/c1-16(2)22(27)25-14-8-9-19(25)21(26)23-18-11-10-17(3)20(15-18)30(28,29)24-12-6-4-5-7-13-24/h10-11,15-16,19H,4-9,12-14H2,1-3H3,(H,23,26). The SMILES string of the molecule is Cc1ccc(NC(=O)C2CCCN2C(=O)C(C)C)cc1S(=O)(=O)N1CCCCCC1. The predicted octanol–water partition coefficient (Wildman–Crippen LogP) is 3.15. The monoisotopic (exact) mass is 435 g/mol. The van der Waals surface area contributed by atoms with Gasteiger partial charge in [-0.15, -0.1) is 0 Å². The number of likely N-dealkylation sites (tertiary alicyclic amines) is 1. The second-order valence-corrected chi connectivity index (χ2v) is 10.5. The van der Waals surface area contributed by atoms with Gasteiger partial charge in [-0.05, 0) is 50.3 Å². The van der Waals surface area contributed by atoms with Gasteiger partial charge in [-0.1, -0.05) is 32.8 Å². The molecular formula is C22H33N3O4S. The summed E-state index contributed by atoms with van der Waals surface area (Å²) < 4.78 is 28.0. The molecule has 1 aromatic rings. The predicted molar refractivity (Wildman–Crippen MR) is 117 cm³/mol. The first-order valence-corrected chi connectivity index (χ1v) is 12.4. The number of hydrogen-bond acceptors (Lipinski definition) is 4. The topological polar surface area (TPSA) is 86.8 Å². The molecule has 2 aliphatic heterocycles. The van der Waals surface area contributed by atoms with E-state index in [-0.39, 0.29) is 22.6 Å². The van der Waals surface area contributed by atoms with E-state index >= 15 is 0 Å². The zero-order valence-electron chi connectivity index (χ0n) is 18.2. The number of carbonyl (C=O) groups is 2. The van der Waals surface area contributed by atoms with Crippen molar-refractivity contribution in [3.63, 3.8) is 0 Å². The van der Waals surface area contributed by atoms with Crippen molar-refractivity contribution in [1.29, 1.82) is 0 Å². The third kappa shape index (κ3) is 4.86. The highest BCUT2D eigenvalue weighted by atomic mass is 32.2. The number of nitrogens with zero attached hydrogens (tertiary/aromatic N) is 2. The zero-order valence-corrected chi connectivity index (χ0v) is 19.0. The van der Waals surface area contributed by atoms with Gasteiger partial charge in [0.1, 0.15) is 6.04 Å². The minimum atomic E-state index is -3.61. The van der Waals surface area contributed by atoms with Crippen LogP contribution in [0.4, 0.5) is 5.69 Å². The van der Waals surface area contributed by atoms with E-state index in [4.69, 9.17) is 0 Å². The Morgan fingerprint density at radius 1 is 1.03 bits per heavy atom. The summed E-state index contributed by atoms with van der Waals surface area (Å²) in [6, 6.07) is 4.49. The molecule has 2 saturated heterocycles. The molecule has 166 valence electrons. The summed E-state index contributed by atoms with van der Waals surface area (Å²) in [7, 11) is -3.61.